The molecule has 1 aliphatic heterocycles. The van der Waals surface area contributed by atoms with Crippen molar-refractivity contribution in [3.63, 3.8) is 0 Å². The zero-order valence-corrected chi connectivity index (χ0v) is 11.7. The maximum Gasteiger partial charge on any atom is 0.310 e. The molecule has 2 aromatic rings. The van der Waals surface area contributed by atoms with Crippen LogP contribution in [0.2, 0.25) is 0 Å². The van der Waals surface area contributed by atoms with Gasteiger partial charge in [0.15, 0.2) is 0 Å². The first-order valence-corrected chi connectivity index (χ1v) is 6.91. The number of nitrogens with zero attached hydrogens (tertiary/aromatic N) is 1. The van der Waals surface area contributed by atoms with Crippen molar-refractivity contribution in [3.8, 4) is 0 Å². The Morgan fingerprint density at radius 1 is 1.50 bits per heavy atom. The van der Waals surface area contributed by atoms with Gasteiger partial charge < -0.3 is 9.67 Å². The molecule has 4 heteroatoms. The predicted octanol–water partition coefficient (Wildman–Crippen LogP) is 3.54. The molecule has 1 aliphatic rings. The van der Waals surface area contributed by atoms with Crippen LogP contribution >= 0.6 is 15.9 Å². The van der Waals surface area contributed by atoms with Gasteiger partial charge in [0.1, 0.15) is 0 Å². The van der Waals surface area contributed by atoms with Crippen LogP contribution in [0.3, 0.4) is 0 Å². The molecule has 0 amide bonds. The second-order valence-corrected chi connectivity index (χ2v) is 5.82. The van der Waals surface area contributed by atoms with Crippen LogP contribution < -0.4 is 0 Å². The smallest absolute Gasteiger partial charge is 0.310 e. The normalized spacial score (nSPS) is 15.9. The number of carboxylic acid groups (broad SMARTS) is 1. The Morgan fingerprint density at radius 2 is 2.28 bits per heavy atom. The number of hydrogen-bond acceptors (Lipinski definition) is 1. The van der Waals surface area contributed by atoms with E-state index in [1.54, 1.807) is 6.92 Å². The molecule has 1 N–H and O–H groups in total. The third-order valence-electron chi connectivity index (χ3n) is 3.73. The lowest BCUT2D eigenvalue weighted by atomic mass is 9.98. The standard InChI is InChI=1S/C14H14BrNO2/c1-8(14(17)18)12-7-16-4-2-3-9-5-10(15)6-11(12)13(9)16/h5-8H,2-4H2,1H3,(H,17,18). The van der Waals surface area contributed by atoms with Gasteiger partial charge in [0.05, 0.1) is 11.4 Å². The minimum atomic E-state index is -0.769. The Balaban J connectivity index is 2.32. The molecular weight excluding hydrogens is 294 g/mol. The monoisotopic (exact) mass is 307 g/mol. The summed E-state index contributed by atoms with van der Waals surface area (Å²) in [7, 11) is 0. The van der Waals surface area contributed by atoms with E-state index in [-0.39, 0.29) is 0 Å². The first-order valence-electron chi connectivity index (χ1n) is 6.12. The number of carbonyl (C=O) groups is 1. The van der Waals surface area contributed by atoms with Crippen LogP contribution in [-0.4, -0.2) is 15.6 Å². The van der Waals surface area contributed by atoms with Gasteiger partial charge in [0, 0.05) is 22.6 Å². The number of rotatable bonds is 2. The fraction of sp³-hybridized carbons (Fsp3) is 0.357. The van der Waals surface area contributed by atoms with Crippen molar-refractivity contribution in [1.29, 1.82) is 0 Å². The third kappa shape index (κ3) is 1.67. The van der Waals surface area contributed by atoms with Crippen LogP contribution in [0, 0.1) is 0 Å². The van der Waals surface area contributed by atoms with Crippen molar-refractivity contribution in [2.75, 3.05) is 0 Å². The summed E-state index contributed by atoms with van der Waals surface area (Å²) >= 11 is 3.52. The van der Waals surface area contributed by atoms with Crippen LogP contribution in [-0.2, 0) is 17.8 Å². The van der Waals surface area contributed by atoms with Crippen molar-refractivity contribution >= 4 is 32.8 Å². The highest BCUT2D eigenvalue weighted by molar-refractivity contribution is 9.10. The molecule has 3 rings (SSSR count). The van der Waals surface area contributed by atoms with E-state index in [1.165, 1.54) is 11.1 Å². The van der Waals surface area contributed by atoms with E-state index in [1.807, 2.05) is 12.3 Å². The van der Waals surface area contributed by atoms with E-state index in [0.717, 1.165) is 34.8 Å². The molecule has 1 aromatic heterocycles. The quantitative estimate of drug-likeness (QED) is 0.922. The lowest BCUT2D eigenvalue weighted by Crippen LogP contribution is -2.07. The van der Waals surface area contributed by atoms with E-state index >= 15 is 0 Å². The highest BCUT2D eigenvalue weighted by Gasteiger charge is 2.23. The fourth-order valence-electron chi connectivity index (χ4n) is 2.80. The van der Waals surface area contributed by atoms with Gasteiger partial charge in [-0.15, -0.1) is 0 Å². The first kappa shape index (κ1) is 11.8. The molecule has 1 aromatic carbocycles. The second-order valence-electron chi connectivity index (χ2n) is 4.90. The minimum Gasteiger partial charge on any atom is -0.481 e. The Labute approximate surface area is 114 Å². The molecule has 1 atom stereocenters. The van der Waals surface area contributed by atoms with E-state index in [0.29, 0.717) is 0 Å². The summed E-state index contributed by atoms with van der Waals surface area (Å²) in [5.41, 5.74) is 3.45. The molecule has 2 heterocycles. The molecule has 0 spiro atoms. The Kier molecular flexibility index (Phi) is 2.70. The van der Waals surface area contributed by atoms with Crippen LogP contribution in [0.5, 0.6) is 0 Å². The molecule has 94 valence electrons. The number of halogens is 1. The van der Waals surface area contributed by atoms with Crippen molar-refractivity contribution < 1.29 is 9.90 Å². The van der Waals surface area contributed by atoms with Crippen molar-refractivity contribution in [2.24, 2.45) is 0 Å². The van der Waals surface area contributed by atoms with Gasteiger partial charge >= 0.3 is 5.97 Å². The van der Waals surface area contributed by atoms with Crippen LogP contribution in [0.1, 0.15) is 30.4 Å². The van der Waals surface area contributed by atoms with Gasteiger partial charge in [-0.3, -0.25) is 4.79 Å². The number of aliphatic carboxylic acids is 1. The van der Waals surface area contributed by atoms with Gasteiger partial charge in [0.2, 0.25) is 0 Å². The highest BCUT2D eigenvalue weighted by Crippen LogP contribution is 2.35. The maximum absolute atomic E-state index is 11.2. The number of carboxylic acids is 1. The van der Waals surface area contributed by atoms with Gasteiger partial charge in [-0.05, 0) is 43.0 Å². The van der Waals surface area contributed by atoms with E-state index in [2.05, 4.69) is 26.6 Å². The van der Waals surface area contributed by atoms with Crippen molar-refractivity contribution in [3.05, 3.63) is 33.9 Å². The zero-order valence-electron chi connectivity index (χ0n) is 10.1. The molecule has 0 radical (unpaired) electrons. The number of hydrogen-bond donors (Lipinski definition) is 1. The summed E-state index contributed by atoms with van der Waals surface area (Å²) in [5.74, 6) is -1.23. The summed E-state index contributed by atoms with van der Waals surface area (Å²) in [6.07, 6.45) is 4.20. The van der Waals surface area contributed by atoms with E-state index < -0.39 is 11.9 Å². The van der Waals surface area contributed by atoms with Crippen LogP contribution in [0.4, 0.5) is 0 Å². The Hall–Kier alpha value is -1.29. The average Bonchev–Trinajstić information content (AvgIpc) is 2.68. The van der Waals surface area contributed by atoms with Crippen molar-refractivity contribution in [2.45, 2.75) is 32.2 Å². The summed E-state index contributed by atoms with van der Waals surface area (Å²) in [6, 6.07) is 4.18. The molecule has 0 aliphatic carbocycles. The van der Waals surface area contributed by atoms with Crippen LogP contribution in [0.25, 0.3) is 10.9 Å². The molecular formula is C14H14BrNO2. The van der Waals surface area contributed by atoms with Gasteiger partial charge in [-0.25, -0.2) is 0 Å². The van der Waals surface area contributed by atoms with Crippen LogP contribution in [0.15, 0.2) is 22.8 Å². The molecule has 0 saturated carbocycles. The lowest BCUT2D eigenvalue weighted by molar-refractivity contribution is -0.138. The summed E-state index contributed by atoms with van der Waals surface area (Å²) in [4.78, 5) is 11.2. The number of benzene rings is 1. The SMILES string of the molecule is CC(C(=O)O)c1cn2c3c(cc(Br)cc13)CCC2. The fourth-order valence-corrected chi connectivity index (χ4v) is 3.31. The molecule has 0 saturated heterocycles. The van der Waals surface area contributed by atoms with Gasteiger partial charge in [0.25, 0.3) is 0 Å². The average molecular weight is 308 g/mol. The third-order valence-corrected chi connectivity index (χ3v) is 4.19. The molecule has 1 unspecified atom stereocenters. The Bertz CT molecular complexity index is 645. The minimum absolute atomic E-state index is 0.464. The Morgan fingerprint density at radius 3 is 3.00 bits per heavy atom. The summed E-state index contributed by atoms with van der Waals surface area (Å²) < 4.78 is 3.23. The number of aromatic nitrogens is 1. The highest BCUT2D eigenvalue weighted by atomic mass is 79.9. The largest absolute Gasteiger partial charge is 0.481 e. The zero-order chi connectivity index (χ0) is 12.9. The summed E-state index contributed by atoms with van der Waals surface area (Å²) in [6.45, 7) is 2.73. The molecule has 0 bridgehead atoms. The molecule has 18 heavy (non-hydrogen) atoms. The second kappa shape index (κ2) is 4.12. The first-order chi connectivity index (χ1) is 8.58. The van der Waals surface area contributed by atoms with E-state index in [9.17, 15) is 9.90 Å². The van der Waals surface area contributed by atoms with E-state index in [4.69, 9.17) is 0 Å². The van der Waals surface area contributed by atoms with Crippen molar-refractivity contribution in [1.82, 2.24) is 4.57 Å². The topological polar surface area (TPSA) is 42.2 Å². The lowest BCUT2D eigenvalue weighted by Gasteiger charge is -2.15. The number of aryl methyl sites for hydroxylation is 2. The summed E-state index contributed by atoms with van der Waals surface area (Å²) in [5, 5.41) is 10.3. The molecule has 0 fully saturated rings. The predicted molar refractivity (Wildman–Crippen MR) is 74.0 cm³/mol. The maximum atomic E-state index is 11.2. The van der Waals surface area contributed by atoms with Gasteiger partial charge in [-0.2, -0.15) is 0 Å². The van der Waals surface area contributed by atoms with Gasteiger partial charge in [-0.1, -0.05) is 15.9 Å². The molecule has 3 nitrogen and oxygen atoms in total.